The Hall–Kier alpha value is -0.100. The molecule has 0 bridgehead atoms. The van der Waals surface area contributed by atoms with Gasteiger partial charge in [-0.3, -0.25) is 4.98 Å². The first-order chi connectivity index (χ1) is 7.34. The van der Waals surface area contributed by atoms with Crippen molar-refractivity contribution in [1.29, 1.82) is 0 Å². The molecule has 2 heterocycles. The highest BCUT2D eigenvalue weighted by molar-refractivity contribution is 5.86. The normalized spacial score (nSPS) is 15.2. The van der Waals surface area contributed by atoms with Crippen LogP contribution in [0.25, 0.3) is 0 Å². The summed E-state index contributed by atoms with van der Waals surface area (Å²) in [5.41, 5.74) is 1.32. The van der Waals surface area contributed by atoms with Gasteiger partial charge in [0.25, 0.3) is 0 Å². The molecule has 114 valence electrons. The number of nitrogens with zero attached hydrogens (tertiary/aromatic N) is 2. The van der Waals surface area contributed by atoms with Crippen LogP contribution >= 0.6 is 37.2 Å². The van der Waals surface area contributed by atoms with E-state index in [0.29, 0.717) is 6.04 Å². The molecule has 0 aromatic carbocycles. The van der Waals surface area contributed by atoms with Gasteiger partial charge in [-0.15, -0.1) is 37.2 Å². The van der Waals surface area contributed by atoms with Crippen molar-refractivity contribution >= 4 is 37.2 Å². The Morgan fingerprint density at radius 2 is 1.68 bits per heavy atom. The summed E-state index contributed by atoms with van der Waals surface area (Å²) in [5.74, 6) is 0. The molecule has 0 saturated carbocycles. The van der Waals surface area contributed by atoms with Crippen molar-refractivity contribution in [3.63, 3.8) is 0 Å². The molecule has 1 aromatic heterocycles. The number of halogens is 3. The number of pyridine rings is 1. The van der Waals surface area contributed by atoms with Crippen LogP contribution in [0.4, 0.5) is 0 Å². The van der Waals surface area contributed by atoms with Crippen LogP contribution in [0.2, 0.25) is 0 Å². The zero-order chi connectivity index (χ0) is 10.5. The van der Waals surface area contributed by atoms with Gasteiger partial charge in [0.15, 0.2) is 0 Å². The van der Waals surface area contributed by atoms with Crippen molar-refractivity contribution in [2.24, 2.45) is 0 Å². The Bertz CT molecular complexity index is 296. The van der Waals surface area contributed by atoms with Crippen LogP contribution in [0.5, 0.6) is 0 Å². The maximum Gasteiger partial charge on any atom is 0.0271 e. The Kier molecular flexibility index (Phi) is 16.3. The van der Waals surface area contributed by atoms with Gasteiger partial charge in [-0.1, -0.05) is 0 Å². The molecule has 7 heteroatoms. The summed E-state index contributed by atoms with van der Waals surface area (Å²) in [6, 6.07) is 4.83. The molecule has 0 radical (unpaired) electrons. The molecule has 3 N–H and O–H groups in total. The van der Waals surface area contributed by atoms with Gasteiger partial charge in [0.05, 0.1) is 0 Å². The summed E-state index contributed by atoms with van der Waals surface area (Å²) in [6.45, 7) is 3.40. The van der Waals surface area contributed by atoms with Crippen molar-refractivity contribution in [2.75, 3.05) is 20.1 Å². The van der Waals surface area contributed by atoms with Crippen molar-refractivity contribution < 1.29 is 5.48 Å². The Balaban J connectivity index is -0.000000640. The zero-order valence-corrected chi connectivity index (χ0v) is 13.5. The second kappa shape index (κ2) is 12.9. The number of hydrogen-bond donors (Lipinski definition) is 1. The van der Waals surface area contributed by atoms with E-state index in [9.17, 15) is 0 Å². The highest BCUT2D eigenvalue weighted by atomic mass is 35.5. The molecule has 0 aliphatic carbocycles. The molecule has 0 amide bonds. The fourth-order valence-corrected chi connectivity index (χ4v) is 1.98. The second-order valence-corrected chi connectivity index (χ2v) is 4.31. The van der Waals surface area contributed by atoms with Gasteiger partial charge in [-0.2, -0.15) is 0 Å². The molecule has 0 unspecified atom stereocenters. The van der Waals surface area contributed by atoms with Crippen LogP contribution in [-0.4, -0.2) is 41.5 Å². The van der Waals surface area contributed by atoms with E-state index in [1.165, 1.54) is 31.5 Å². The van der Waals surface area contributed by atoms with Gasteiger partial charge in [0, 0.05) is 25.0 Å². The maximum absolute atomic E-state index is 4.02. The fraction of sp³-hybridized carbons (Fsp3) is 0.583. The van der Waals surface area contributed by atoms with Crippen molar-refractivity contribution in [1.82, 2.24) is 15.2 Å². The topological polar surface area (TPSA) is 59.7 Å². The van der Waals surface area contributed by atoms with Gasteiger partial charge in [-0.05, 0) is 50.7 Å². The van der Waals surface area contributed by atoms with Crippen LogP contribution in [0.1, 0.15) is 18.4 Å². The minimum Gasteiger partial charge on any atom is -0.412 e. The molecular formula is C12H24Cl3N3O. The van der Waals surface area contributed by atoms with E-state index in [-0.39, 0.29) is 42.7 Å². The molecule has 1 saturated heterocycles. The van der Waals surface area contributed by atoms with Crippen LogP contribution in [0.15, 0.2) is 24.5 Å². The molecule has 4 nitrogen and oxygen atoms in total. The van der Waals surface area contributed by atoms with Gasteiger partial charge in [0.1, 0.15) is 0 Å². The molecule has 0 spiro atoms. The molecule has 1 fully saturated rings. The Labute approximate surface area is 133 Å². The predicted molar refractivity (Wildman–Crippen MR) is 87.0 cm³/mol. The number of piperidine rings is 1. The quantitative estimate of drug-likeness (QED) is 0.916. The van der Waals surface area contributed by atoms with E-state index in [0.717, 1.165) is 6.54 Å². The first-order valence-electron chi connectivity index (χ1n) is 5.65. The first-order valence-corrected chi connectivity index (χ1v) is 5.65. The first kappa shape index (κ1) is 24.0. The molecule has 1 aromatic rings. The third-order valence-corrected chi connectivity index (χ3v) is 3.06. The minimum absolute atomic E-state index is 0. The van der Waals surface area contributed by atoms with E-state index in [2.05, 4.69) is 34.4 Å². The molecular weight excluding hydrogens is 309 g/mol. The lowest BCUT2D eigenvalue weighted by Gasteiger charge is -2.29. The SMILES string of the molecule is CN1CCC(NCc2ccncc2)CC1.Cl.Cl.Cl.O. The molecule has 1 aliphatic heterocycles. The molecule has 1 aliphatic rings. The highest BCUT2D eigenvalue weighted by Crippen LogP contribution is 2.09. The molecule has 19 heavy (non-hydrogen) atoms. The smallest absolute Gasteiger partial charge is 0.0271 e. The summed E-state index contributed by atoms with van der Waals surface area (Å²) in [6.07, 6.45) is 6.24. The summed E-state index contributed by atoms with van der Waals surface area (Å²) >= 11 is 0. The van der Waals surface area contributed by atoms with E-state index in [1.54, 1.807) is 0 Å². The van der Waals surface area contributed by atoms with Crippen LogP contribution < -0.4 is 5.32 Å². The average molecular weight is 333 g/mol. The lowest BCUT2D eigenvalue weighted by atomic mass is 10.1. The Morgan fingerprint density at radius 3 is 2.21 bits per heavy atom. The monoisotopic (exact) mass is 331 g/mol. The summed E-state index contributed by atoms with van der Waals surface area (Å²) in [7, 11) is 2.19. The van der Waals surface area contributed by atoms with Crippen LogP contribution in [0, 0.1) is 0 Å². The Morgan fingerprint density at radius 1 is 1.16 bits per heavy atom. The highest BCUT2D eigenvalue weighted by Gasteiger charge is 2.15. The van der Waals surface area contributed by atoms with Crippen molar-refractivity contribution in [3.8, 4) is 0 Å². The van der Waals surface area contributed by atoms with E-state index < -0.39 is 0 Å². The second-order valence-electron chi connectivity index (χ2n) is 4.31. The summed E-state index contributed by atoms with van der Waals surface area (Å²) in [4.78, 5) is 6.41. The lowest BCUT2D eigenvalue weighted by Crippen LogP contribution is -2.40. The van der Waals surface area contributed by atoms with Crippen molar-refractivity contribution in [2.45, 2.75) is 25.4 Å². The van der Waals surface area contributed by atoms with E-state index in [4.69, 9.17) is 0 Å². The third kappa shape index (κ3) is 8.63. The van der Waals surface area contributed by atoms with Gasteiger partial charge < -0.3 is 15.7 Å². The van der Waals surface area contributed by atoms with Crippen molar-refractivity contribution in [3.05, 3.63) is 30.1 Å². The van der Waals surface area contributed by atoms with Crippen LogP contribution in [-0.2, 0) is 6.54 Å². The van der Waals surface area contributed by atoms with Crippen LogP contribution in [0.3, 0.4) is 0 Å². The lowest BCUT2D eigenvalue weighted by molar-refractivity contribution is 0.234. The van der Waals surface area contributed by atoms with Gasteiger partial charge >= 0.3 is 0 Å². The maximum atomic E-state index is 4.02. The van der Waals surface area contributed by atoms with E-state index >= 15 is 0 Å². The number of hydrogen-bond acceptors (Lipinski definition) is 3. The average Bonchev–Trinajstić information content (AvgIpc) is 2.30. The molecule has 0 atom stereocenters. The molecule has 2 rings (SSSR count). The standard InChI is InChI=1S/C12H19N3.3ClH.H2O/c1-15-8-4-12(5-9-15)14-10-11-2-6-13-7-3-11;;;;/h2-3,6-7,12,14H,4-5,8-10H2,1H3;3*1H;1H2. The summed E-state index contributed by atoms with van der Waals surface area (Å²) < 4.78 is 0. The zero-order valence-electron chi connectivity index (χ0n) is 11.0. The van der Waals surface area contributed by atoms with Gasteiger partial charge in [-0.25, -0.2) is 0 Å². The summed E-state index contributed by atoms with van der Waals surface area (Å²) in [5, 5.41) is 3.60. The number of rotatable bonds is 3. The minimum atomic E-state index is 0. The third-order valence-electron chi connectivity index (χ3n) is 3.06. The number of nitrogens with one attached hydrogen (secondary N) is 1. The fourth-order valence-electron chi connectivity index (χ4n) is 1.98. The number of likely N-dealkylation sites (tertiary alicyclic amines) is 1. The van der Waals surface area contributed by atoms with E-state index in [1.807, 2.05) is 12.4 Å². The number of aromatic nitrogens is 1. The van der Waals surface area contributed by atoms with Gasteiger partial charge in [0.2, 0.25) is 0 Å². The largest absolute Gasteiger partial charge is 0.412 e. The predicted octanol–water partition coefficient (Wildman–Crippen LogP) is 1.71.